The first-order valence-corrected chi connectivity index (χ1v) is 13.3. The summed E-state index contributed by atoms with van der Waals surface area (Å²) in [5.74, 6) is -3.81. The van der Waals surface area contributed by atoms with E-state index in [0.717, 1.165) is 15.8 Å². The number of anilines is 1. The van der Waals surface area contributed by atoms with E-state index in [9.17, 15) is 34.4 Å². The summed E-state index contributed by atoms with van der Waals surface area (Å²) >= 11 is 2.90. The van der Waals surface area contributed by atoms with E-state index < -0.39 is 46.8 Å². The van der Waals surface area contributed by atoms with Gasteiger partial charge in [-0.3, -0.25) is 4.79 Å². The fourth-order valence-corrected chi connectivity index (χ4v) is 5.12. The van der Waals surface area contributed by atoms with E-state index in [0.29, 0.717) is 23.2 Å². The predicted molar refractivity (Wildman–Crippen MR) is 152 cm³/mol. The van der Waals surface area contributed by atoms with Crippen molar-refractivity contribution in [3.63, 3.8) is 0 Å². The Kier molecular flexibility index (Phi) is 7.67. The summed E-state index contributed by atoms with van der Waals surface area (Å²) in [6.45, 7) is 1.82. The smallest absolute Gasteiger partial charge is 0.316 e. The Hall–Kier alpha value is -4.82. The van der Waals surface area contributed by atoms with Gasteiger partial charge < -0.3 is 41.1 Å². The fourth-order valence-electron chi connectivity index (χ4n) is 4.75. The number of phenolic OH excluding ortho intramolecular Hbond substituents is 4. The minimum atomic E-state index is -0.954. The highest BCUT2D eigenvalue weighted by Gasteiger charge is 2.37. The molecule has 1 aromatic heterocycles. The summed E-state index contributed by atoms with van der Waals surface area (Å²) in [5, 5.41) is 48.8. The SMILES string of the molecule is Cc1cc(CCN2C(=O)COC2c2cn(-c3c(O)c(O)c(Br)c(O)c3O)nc2-c2ccc(F)cc2)ccc1NC(N)=O. The van der Waals surface area contributed by atoms with Crippen molar-refractivity contribution < 1.29 is 39.1 Å². The van der Waals surface area contributed by atoms with Crippen LogP contribution in [0.3, 0.4) is 0 Å². The number of halogens is 2. The van der Waals surface area contributed by atoms with Crippen LogP contribution in [0.15, 0.2) is 53.1 Å². The molecule has 218 valence electrons. The number of urea groups is 1. The highest BCUT2D eigenvalue weighted by atomic mass is 79.9. The molecule has 5 rings (SSSR count). The highest BCUT2D eigenvalue weighted by Crippen LogP contribution is 2.51. The number of nitrogens with one attached hydrogen (secondary N) is 1. The van der Waals surface area contributed by atoms with E-state index in [-0.39, 0.29) is 29.2 Å². The van der Waals surface area contributed by atoms with Gasteiger partial charge in [0.1, 0.15) is 22.6 Å². The van der Waals surface area contributed by atoms with Gasteiger partial charge in [-0.05, 0) is 70.7 Å². The minimum absolute atomic E-state index is 0.227. The minimum Gasteiger partial charge on any atom is -0.503 e. The van der Waals surface area contributed by atoms with Crippen molar-refractivity contribution in [2.24, 2.45) is 5.73 Å². The van der Waals surface area contributed by atoms with E-state index in [2.05, 4.69) is 26.3 Å². The summed E-state index contributed by atoms with van der Waals surface area (Å²) in [5.41, 5.74) is 8.02. The molecule has 3 aromatic carbocycles. The van der Waals surface area contributed by atoms with Gasteiger partial charge in [-0.15, -0.1) is 0 Å². The zero-order valence-electron chi connectivity index (χ0n) is 22.0. The monoisotopic (exact) mass is 641 g/mol. The molecule has 1 aliphatic heterocycles. The van der Waals surface area contributed by atoms with Crippen LogP contribution in [0, 0.1) is 12.7 Å². The third kappa shape index (κ3) is 5.29. The Morgan fingerprint density at radius 2 is 1.79 bits per heavy atom. The maximum absolute atomic E-state index is 13.7. The standard InChI is InChI=1S/C28H25BrFN5O7/c1-13-10-14(2-7-18(13)32-28(31)41)8-9-34-19(36)12-42-27(34)17-11-35(33-21(17)15-3-5-16(30)6-4-15)22-25(39)23(37)20(29)24(38)26(22)40/h2-7,10-11,27,37-40H,8-9,12H2,1H3,(H3,31,32,41). The second kappa shape index (κ2) is 11.2. The molecule has 7 N–H and O–H groups in total. The number of nitrogens with zero attached hydrogens (tertiary/aromatic N) is 3. The zero-order valence-corrected chi connectivity index (χ0v) is 23.6. The molecule has 3 amide bonds. The fraction of sp³-hybridized carbons (Fsp3) is 0.179. The molecule has 0 radical (unpaired) electrons. The number of hydrogen-bond acceptors (Lipinski definition) is 8. The number of nitrogens with two attached hydrogens (primary N) is 1. The second-order valence-corrected chi connectivity index (χ2v) is 10.4. The third-order valence-corrected chi connectivity index (χ3v) is 7.58. The molecule has 1 atom stereocenters. The lowest BCUT2D eigenvalue weighted by Crippen LogP contribution is -2.30. The van der Waals surface area contributed by atoms with Gasteiger partial charge in [0.15, 0.2) is 34.9 Å². The van der Waals surface area contributed by atoms with Crippen LogP contribution in [0.25, 0.3) is 16.9 Å². The van der Waals surface area contributed by atoms with Crippen LogP contribution in [0.5, 0.6) is 23.0 Å². The lowest BCUT2D eigenvalue weighted by Gasteiger charge is -2.23. The zero-order chi connectivity index (χ0) is 30.3. The van der Waals surface area contributed by atoms with Gasteiger partial charge in [-0.25, -0.2) is 13.9 Å². The number of rotatable bonds is 7. The molecule has 4 aromatic rings. The number of carbonyl (C=O) groups is 2. The van der Waals surface area contributed by atoms with Crippen LogP contribution in [-0.4, -0.2) is 60.2 Å². The molecule has 1 aliphatic rings. The van der Waals surface area contributed by atoms with Crippen LogP contribution in [0.1, 0.15) is 22.9 Å². The molecule has 0 aliphatic carbocycles. The number of benzene rings is 3. The first-order valence-electron chi connectivity index (χ1n) is 12.5. The van der Waals surface area contributed by atoms with E-state index in [1.807, 2.05) is 13.0 Å². The number of aromatic nitrogens is 2. The van der Waals surface area contributed by atoms with Crippen molar-refractivity contribution in [1.82, 2.24) is 14.7 Å². The second-order valence-electron chi connectivity index (χ2n) is 9.58. The van der Waals surface area contributed by atoms with E-state index in [1.54, 1.807) is 12.1 Å². The summed E-state index contributed by atoms with van der Waals surface area (Å²) in [6.07, 6.45) is 0.856. The summed E-state index contributed by atoms with van der Waals surface area (Å²) in [6, 6.07) is 10.1. The van der Waals surface area contributed by atoms with Gasteiger partial charge in [0.05, 0.1) is 0 Å². The average molecular weight is 642 g/mol. The normalized spacial score (nSPS) is 14.9. The van der Waals surface area contributed by atoms with Gasteiger partial charge in [-0.2, -0.15) is 5.10 Å². The Morgan fingerprint density at radius 1 is 1.12 bits per heavy atom. The number of ether oxygens (including phenoxy) is 1. The van der Waals surface area contributed by atoms with E-state index in [1.165, 1.54) is 35.4 Å². The molecule has 1 fully saturated rings. The molecule has 0 saturated carbocycles. The largest absolute Gasteiger partial charge is 0.503 e. The number of primary amides is 1. The number of hydrogen-bond donors (Lipinski definition) is 6. The van der Waals surface area contributed by atoms with Crippen LogP contribution >= 0.6 is 15.9 Å². The van der Waals surface area contributed by atoms with Crippen LogP contribution < -0.4 is 11.1 Å². The van der Waals surface area contributed by atoms with Gasteiger partial charge >= 0.3 is 6.03 Å². The average Bonchev–Trinajstić information content (AvgIpc) is 3.54. The van der Waals surface area contributed by atoms with Crippen molar-refractivity contribution in [2.45, 2.75) is 19.6 Å². The van der Waals surface area contributed by atoms with Crippen LogP contribution in [0.2, 0.25) is 0 Å². The van der Waals surface area contributed by atoms with Gasteiger partial charge in [0, 0.05) is 29.6 Å². The first-order chi connectivity index (χ1) is 20.0. The topological polar surface area (TPSA) is 183 Å². The van der Waals surface area contributed by atoms with Gasteiger partial charge in [0.25, 0.3) is 5.91 Å². The lowest BCUT2D eigenvalue weighted by molar-refractivity contribution is -0.128. The quantitative estimate of drug-likeness (QED) is 0.128. The van der Waals surface area contributed by atoms with Crippen LogP contribution in [0.4, 0.5) is 14.9 Å². The number of aryl methyl sites for hydroxylation is 1. The van der Waals surface area contributed by atoms with E-state index >= 15 is 0 Å². The van der Waals surface area contributed by atoms with Gasteiger partial charge in [0.2, 0.25) is 0 Å². The summed E-state index contributed by atoms with van der Waals surface area (Å²) in [7, 11) is 0. The molecular formula is C28H25BrFN5O7. The van der Waals surface area contributed by atoms with Crippen molar-refractivity contribution in [3.8, 4) is 39.9 Å². The van der Waals surface area contributed by atoms with Crippen LogP contribution in [-0.2, 0) is 16.0 Å². The molecule has 0 bridgehead atoms. The number of amides is 3. The molecule has 1 saturated heterocycles. The predicted octanol–water partition coefficient (Wildman–Crippen LogP) is 4.16. The molecule has 1 unspecified atom stereocenters. The summed E-state index contributed by atoms with van der Waals surface area (Å²) in [4.78, 5) is 25.6. The molecule has 2 heterocycles. The Bertz CT molecular complexity index is 1680. The maximum atomic E-state index is 13.7. The Morgan fingerprint density at radius 3 is 2.40 bits per heavy atom. The maximum Gasteiger partial charge on any atom is 0.316 e. The molecule has 14 heteroatoms. The van der Waals surface area contributed by atoms with E-state index in [4.69, 9.17) is 10.5 Å². The van der Waals surface area contributed by atoms with Crippen molar-refractivity contribution in [1.29, 1.82) is 0 Å². The first kappa shape index (κ1) is 28.7. The Balaban J connectivity index is 1.53. The third-order valence-electron chi connectivity index (χ3n) is 6.83. The van der Waals surface area contributed by atoms with Crippen molar-refractivity contribution in [3.05, 3.63) is 75.6 Å². The number of phenols is 4. The summed E-state index contributed by atoms with van der Waals surface area (Å²) < 4.78 is 20.3. The lowest BCUT2D eigenvalue weighted by atomic mass is 10.1. The Labute approximate surface area is 246 Å². The van der Waals surface area contributed by atoms with Gasteiger partial charge in [-0.1, -0.05) is 12.1 Å². The molecular weight excluding hydrogens is 617 g/mol. The molecule has 0 spiro atoms. The highest BCUT2D eigenvalue weighted by molar-refractivity contribution is 9.10. The molecule has 42 heavy (non-hydrogen) atoms. The van der Waals surface area contributed by atoms with Crippen molar-refractivity contribution in [2.75, 3.05) is 18.5 Å². The number of aromatic hydroxyl groups is 4. The molecule has 12 nitrogen and oxygen atoms in total. The number of carbonyl (C=O) groups excluding carboxylic acids is 2. The van der Waals surface area contributed by atoms with Crippen molar-refractivity contribution >= 4 is 33.6 Å².